The number of rotatable bonds is 12. The summed E-state index contributed by atoms with van der Waals surface area (Å²) in [6.07, 6.45) is 6.90. The maximum atomic E-state index is 11.5. The summed E-state index contributed by atoms with van der Waals surface area (Å²) in [6, 6.07) is 20.1. The standard InChI is InChI=1S/C37H37Cl2N7O3/c1-49-37-22(16-40-17-24-10-14-33(47)43-24)8-12-31(45-37)30-7-3-6-29(36(30)39)28-5-2-4-27(35(28)38)23-9-13-32-42-26(21-46(32)20-23)19-41-18-25-11-15-34(48)44-25/h2-9,12-13,20-21,24-25,40-41H,10-11,14-19H2,1H3,(H,43,47)(H,44,48)/t24-,25+/m0/s1. The van der Waals surface area contributed by atoms with Gasteiger partial charge in [0.1, 0.15) is 5.65 Å². The molecule has 12 heteroatoms. The number of benzene rings is 2. The van der Waals surface area contributed by atoms with Crippen LogP contribution in [0.25, 0.3) is 39.2 Å². The van der Waals surface area contributed by atoms with Crippen molar-refractivity contribution in [1.82, 2.24) is 35.6 Å². The fraction of sp³-hybridized carbons (Fsp3) is 0.297. The first kappa shape index (κ1) is 33.0. The zero-order valence-corrected chi connectivity index (χ0v) is 28.6. The number of hydrogen-bond acceptors (Lipinski definition) is 7. The molecule has 10 nitrogen and oxygen atoms in total. The number of nitrogens with one attached hydrogen (secondary N) is 4. The lowest BCUT2D eigenvalue weighted by atomic mass is 9.97. The molecule has 2 amide bonds. The van der Waals surface area contributed by atoms with Crippen LogP contribution in [0.1, 0.15) is 36.9 Å². The van der Waals surface area contributed by atoms with E-state index in [9.17, 15) is 9.59 Å². The Bertz CT molecular complexity index is 2030. The predicted octanol–water partition coefficient (Wildman–Crippen LogP) is 5.78. The number of fused-ring (bicyclic) bond motifs is 1. The number of aromatic nitrogens is 3. The Labute approximate surface area is 294 Å². The SMILES string of the molecule is COc1nc(-c2cccc(-c3cccc(-c4ccc5nc(CNC[C@H]6CCC(=O)N6)cn5c4)c3Cl)c2Cl)ccc1CNC[C@@H]1CCC(=O)N1. The van der Waals surface area contributed by atoms with Gasteiger partial charge in [0.25, 0.3) is 0 Å². The van der Waals surface area contributed by atoms with Crippen LogP contribution in [0.15, 0.2) is 73.1 Å². The van der Waals surface area contributed by atoms with E-state index in [1.165, 1.54) is 0 Å². The fourth-order valence-corrected chi connectivity index (χ4v) is 7.20. The van der Waals surface area contributed by atoms with E-state index in [2.05, 4.69) is 21.3 Å². The molecule has 2 fully saturated rings. The molecular weight excluding hydrogens is 661 g/mol. The van der Waals surface area contributed by atoms with Gasteiger partial charge < -0.3 is 30.4 Å². The molecule has 5 heterocycles. The summed E-state index contributed by atoms with van der Waals surface area (Å²) in [6.45, 7) is 2.56. The van der Waals surface area contributed by atoms with Crippen LogP contribution in [-0.4, -0.2) is 58.5 Å². The van der Waals surface area contributed by atoms with Crippen LogP contribution < -0.4 is 26.0 Å². The van der Waals surface area contributed by atoms with Crippen LogP contribution in [-0.2, 0) is 22.7 Å². The molecule has 2 aromatic carbocycles. The van der Waals surface area contributed by atoms with Crippen molar-refractivity contribution in [3.63, 3.8) is 0 Å². The Hall–Kier alpha value is -4.48. The number of hydrogen-bond donors (Lipinski definition) is 4. The molecule has 0 aliphatic carbocycles. The number of carbonyl (C=O) groups is 2. The summed E-state index contributed by atoms with van der Waals surface area (Å²) < 4.78 is 7.66. The van der Waals surface area contributed by atoms with Gasteiger partial charge in [0, 0.05) is 91.3 Å². The highest BCUT2D eigenvalue weighted by Gasteiger charge is 2.22. The van der Waals surface area contributed by atoms with Crippen molar-refractivity contribution in [2.24, 2.45) is 0 Å². The zero-order valence-electron chi connectivity index (χ0n) is 27.1. The minimum absolute atomic E-state index is 0.103. The van der Waals surface area contributed by atoms with E-state index in [1.807, 2.05) is 77.5 Å². The van der Waals surface area contributed by atoms with Gasteiger partial charge in [-0.2, -0.15) is 0 Å². The van der Waals surface area contributed by atoms with Crippen LogP contribution in [0, 0.1) is 0 Å². The second-order valence-electron chi connectivity index (χ2n) is 12.5. The molecule has 3 aromatic heterocycles. The number of imidazole rings is 1. The molecule has 0 radical (unpaired) electrons. The topological polar surface area (TPSA) is 122 Å². The van der Waals surface area contributed by atoms with Crippen molar-refractivity contribution >= 4 is 40.7 Å². The van der Waals surface area contributed by atoms with E-state index in [0.29, 0.717) is 60.6 Å². The van der Waals surface area contributed by atoms with Gasteiger partial charge in [-0.25, -0.2) is 9.97 Å². The Kier molecular flexibility index (Phi) is 9.81. The van der Waals surface area contributed by atoms with Gasteiger partial charge in [0.2, 0.25) is 17.7 Å². The van der Waals surface area contributed by atoms with Gasteiger partial charge in [-0.1, -0.05) is 65.7 Å². The maximum absolute atomic E-state index is 11.5. The first-order valence-corrected chi connectivity index (χ1v) is 17.2. The molecule has 252 valence electrons. The van der Waals surface area contributed by atoms with Crippen LogP contribution in [0.3, 0.4) is 0 Å². The molecule has 2 aliphatic heterocycles. The van der Waals surface area contributed by atoms with E-state index >= 15 is 0 Å². The molecule has 0 spiro atoms. The number of ether oxygens (including phenoxy) is 1. The van der Waals surface area contributed by atoms with E-state index in [1.54, 1.807) is 7.11 Å². The average molecular weight is 699 g/mol. The average Bonchev–Trinajstić information content (AvgIpc) is 3.84. The van der Waals surface area contributed by atoms with Crippen LogP contribution in [0.4, 0.5) is 0 Å². The molecule has 0 saturated carbocycles. The van der Waals surface area contributed by atoms with Gasteiger partial charge in [-0.3, -0.25) is 9.59 Å². The summed E-state index contributed by atoms with van der Waals surface area (Å²) in [5.74, 6) is 0.731. The molecule has 7 rings (SSSR count). The highest BCUT2D eigenvalue weighted by Crippen LogP contribution is 2.42. The Balaban J connectivity index is 1.09. The first-order chi connectivity index (χ1) is 23.9. The lowest BCUT2D eigenvalue weighted by molar-refractivity contribution is -0.120. The van der Waals surface area contributed by atoms with Crippen LogP contribution in [0.2, 0.25) is 10.0 Å². The quantitative estimate of drug-likeness (QED) is 0.130. The van der Waals surface area contributed by atoms with Crippen LogP contribution in [0.5, 0.6) is 5.88 Å². The van der Waals surface area contributed by atoms with Crippen molar-refractivity contribution in [2.75, 3.05) is 20.2 Å². The maximum Gasteiger partial charge on any atom is 0.220 e. The second kappa shape index (κ2) is 14.6. The third-order valence-electron chi connectivity index (χ3n) is 9.08. The molecule has 4 N–H and O–H groups in total. The highest BCUT2D eigenvalue weighted by molar-refractivity contribution is 6.39. The predicted molar refractivity (Wildman–Crippen MR) is 192 cm³/mol. The highest BCUT2D eigenvalue weighted by atomic mass is 35.5. The number of nitrogens with zero attached hydrogens (tertiary/aromatic N) is 3. The van der Waals surface area contributed by atoms with Crippen molar-refractivity contribution in [2.45, 2.75) is 50.9 Å². The summed E-state index contributed by atoms with van der Waals surface area (Å²) in [4.78, 5) is 32.5. The summed E-state index contributed by atoms with van der Waals surface area (Å²) >= 11 is 14.2. The van der Waals surface area contributed by atoms with E-state index in [0.717, 1.165) is 57.6 Å². The van der Waals surface area contributed by atoms with Crippen molar-refractivity contribution in [3.05, 3.63) is 94.4 Å². The Morgan fingerprint density at radius 1 is 0.776 bits per heavy atom. The third kappa shape index (κ3) is 7.28. The lowest BCUT2D eigenvalue weighted by Gasteiger charge is -2.16. The molecule has 0 bridgehead atoms. The van der Waals surface area contributed by atoms with E-state index < -0.39 is 0 Å². The number of halogens is 2. The number of amides is 2. The number of methoxy groups -OCH3 is 1. The van der Waals surface area contributed by atoms with Crippen LogP contribution >= 0.6 is 23.2 Å². The Morgan fingerprint density at radius 3 is 2.06 bits per heavy atom. The first-order valence-electron chi connectivity index (χ1n) is 16.5. The third-order valence-corrected chi connectivity index (χ3v) is 9.90. The molecule has 0 unspecified atom stereocenters. The van der Waals surface area contributed by atoms with E-state index in [4.69, 9.17) is 37.9 Å². The van der Waals surface area contributed by atoms with Gasteiger partial charge in [-0.15, -0.1) is 0 Å². The second-order valence-corrected chi connectivity index (χ2v) is 13.2. The number of pyridine rings is 2. The monoisotopic (exact) mass is 697 g/mol. The summed E-state index contributed by atoms with van der Waals surface area (Å²) in [5.41, 5.74) is 7.55. The fourth-order valence-electron chi connectivity index (χ4n) is 6.54. The summed E-state index contributed by atoms with van der Waals surface area (Å²) in [5, 5.41) is 13.9. The largest absolute Gasteiger partial charge is 0.481 e. The molecule has 2 saturated heterocycles. The Morgan fingerprint density at radius 2 is 1.41 bits per heavy atom. The molecule has 49 heavy (non-hydrogen) atoms. The number of carbonyl (C=O) groups excluding carboxylic acids is 2. The van der Waals surface area contributed by atoms with Gasteiger partial charge >= 0.3 is 0 Å². The summed E-state index contributed by atoms with van der Waals surface area (Å²) in [7, 11) is 1.61. The van der Waals surface area contributed by atoms with Crippen molar-refractivity contribution < 1.29 is 14.3 Å². The minimum atomic E-state index is 0.103. The zero-order chi connectivity index (χ0) is 33.9. The normalized spacial score (nSPS) is 17.4. The van der Waals surface area contributed by atoms with Gasteiger partial charge in [0.05, 0.1) is 28.5 Å². The smallest absolute Gasteiger partial charge is 0.220 e. The van der Waals surface area contributed by atoms with Gasteiger partial charge in [-0.05, 0) is 36.6 Å². The van der Waals surface area contributed by atoms with Gasteiger partial charge in [0.15, 0.2) is 0 Å². The lowest BCUT2D eigenvalue weighted by Crippen LogP contribution is -2.35. The molecule has 2 aliphatic rings. The van der Waals surface area contributed by atoms with Crippen molar-refractivity contribution in [3.8, 4) is 39.4 Å². The molecular formula is C37H37Cl2N7O3. The minimum Gasteiger partial charge on any atom is -0.481 e. The molecule has 5 aromatic rings. The van der Waals surface area contributed by atoms with Crippen molar-refractivity contribution in [1.29, 1.82) is 0 Å². The molecule has 2 atom stereocenters. The van der Waals surface area contributed by atoms with E-state index in [-0.39, 0.29) is 23.9 Å².